The van der Waals surface area contributed by atoms with Crippen molar-refractivity contribution < 1.29 is 0 Å². The molecule has 1 nitrogen and oxygen atoms in total. The molecule has 2 rings (SSSR count). The van der Waals surface area contributed by atoms with Crippen molar-refractivity contribution in [2.24, 2.45) is 0 Å². The van der Waals surface area contributed by atoms with Crippen molar-refractivity contribution in [3.63, 3.8) is 0 Å². The third-order valence-corrected chi connectivity index (χ3v) is 4.95. The minimum absolute atomic E-state index is 0.752. The zero-order chi connectivity index (χ0) is 10.7. The molecule has 0 radical (unpaired) electrons. The highest BCUT2D eigenvalue weighted by Crippen LogP contribution is 2.39. The predicted molar refractivity (Wildman–Crippen MR) is 70.7 cm³/mol. The first-order chi connectivity index (χ1) is 7.31. The normalized spacial score (nSPS) is 26.0. The van der Waals surface area contributed by atoms with Crippen LogP contribution in [0.5, 0.6) is 0 Å². The molecule has 3 heteroatoms. The SMILES string of the molecule is CCCNC1CCC(c2cscc2Br)C1. The summed E-state index contributed by atoms with van der Waals surface area (Å²) in [6.07, 6.45) is 5.24. The fourth-order valence-electron chi connectivity index (χ4n) is 2.38. The van der Waals surface area contributed by atoms with Crippen molar-refractivity contribution in [3.8, 4) is 0 Å². The van der Waals surface area contributed by atoms with Crippen LogP contribution in [0.25, 0.3) is 0 Å². The summed E-state index contributed by atoms with van der Waals surface area (Å²) in [5, 5.41) is 8.13. The number of rotatable bonds is 4. The van der Waals surface area contributed by atoms with Gasteiger partial charge in [-0.25, -0.2) is 0 Å². The zero-order valence-corrected chi connectivity index (χ0v) is 11.5. The van der Waals surface area contributed by atoms with Crippen molar-refractivity contribution in [2.45, 2.75) is 44.6 Å². The molecule has 84 valence electrons. The van der Waals surface area contributed by atoms with Gasteiger partial charge in [-0.05, 0) is 65.0 Å². The predicted octanol–water partition coefficient (Wildman–Crippen LogP) is 4.15. The Morgan fingerprint density at radius 1 is 1.47 bits per heavy atom. The van der Waals surface area contributed by atoms with E-state index in [1.807, 2.05) is 0 Å². The Morgan fingerprint density at radius 3 is 3.00 bits per heavy atom. The highest BCUT2D eigenvalue weighted by Gasteiger charge is 2.26. The van der Waals surface area contributed by atoms with E-state index in [1.54, 1.807) is 11.3 Å². The van der Waals surface area contributed by atoms with Crippen LogP contribution >= 0.6 is 27.3 Å². The second kappa shape index (κ2) is 5.46. The van der Waals surface area contributed by atoms with E-state index in [0.29, 0.717) is 0 Å². The molecule has 0 aromatic carbocycles. The largest absolute Gasteiger partial charge is 0.314 e. The summed E-state index contributed by atoms with van der Waals surface area (Å²) in [6.45, 7) is 3.40. The molecule has 2 unspecified atom stereocenters. The van der Waals surface area contributed by atoms with Crippen LogP contribution in [0, 0.1) is 0 Å². The summed E-state index contributed by atoms with van der Waals surface area (Å²) in [7, 11) is 0. The van der Waals surface area contributed by atoms with Gasteiger partial charge < -0.3 is 5.32 Å². The first-order valence-electron chi connectivity index (χ1n) is 5.76. The molecule has 0 amide bonds. The van der Waals surface area contributed by atoms with E-state index >= 15 is 0 Å². The molecule has 1 aromatic rings. The van der Waals surface area contributed by atoms with Crippen LogP contribution in [-0.2, 0) is 0 Å². The van der Waals surface area contributed by atoms with Crippen LogP contribution in [0.2, 0.25) is 0 Å². The highest BCUT2D eigenvalue weighted by molar-refractivity contribution is 9.10. The molecule has 0 saturated heterocycles. The van der Waals surface area contributed by atoms with Gasteiger partial charge in [0, 0.05) is 15.9 Å². The smallest absolute Gasteiger partial charge is 0.0317 e. The molecule has 1 fully saturated rings. The molecule has 0 spiro atoms. The summed E-state index contributed by atoms with van der Waals surface area (Å²) in [4.78, 5) is 0. The molecule has 2 atom stereocenters. The number of halogens is 1. The molecule has 1 heterocycles. The maximum absolute atomic E-state index is 3.64. The average Bonchev–Trinajstić information content (AvgIpc) is 2.83. The summed E-state index contributed by atoms with van der Waals surface area (Å²) >= 11 is 5.44. The fraction of sp³-hybridized carbons (Fsp3) is 0.667. The molecule has 1 aliphatic carbocycles. The summed E-state index contributed by atoms with van der Waals surface area (Å²) < 4.78 is 1.31. The van der Waals surface area contributed by atoms with E-state index in [-0.39, 0.29) is 0 Å². The molecule has 15 heavy (non-hydrogen) atoms. The quantitative estimate of drug-likeness (QED) is 0.877. The second-order valence-electron chi connectivity index (χ2n) is 4.34. The van der Waals surface area contributed by atoms with Gasteiger partial charge in [0.05, 0.1) is 0 Å². The molecular weight excluding hydrogens is 270 g/mol. The van der Waals surface area contributed by atoms with E-state index in [2.05, 4.69) is 38.9 Å². The van der Waals surface area contributed by atoms with E-state index in [1.165, 1.54) is 42.3 Å². The monoisotopic (exact) mass is 287 g/mol. The lowest BCUT2D eigenvalue weighted by Crippen LogP contribution is -2.26. The Morgan fingerprint density at radius 2 is 2.33 bits per heavy atom. The highest BCUT2D eigenvalue weighted by atomic mass is 79.9. The van der Waals surface area contributed by atoms with Gasteiger partial charge in [-0.2, -0.15) is 11.3 Å². The number of nitrogens with one attached hydrogen (secondary N) is 1. The van der Waals surface area contributed by atoms with Crippen LogP contribution in [0.15, 0.2) is 15.2 Å². The number of thiophene rings is 1. The van der Waals surface area contributed by atoms with Crippen molar-refractivity contribution in [1.29, 1.82) is 0 Å². The van der Waals surface area contributed by atoms with E-state index < -0.39 is 0 Å². The molecule has 1 saturated carbocycles. The van der Waals surface area contributed by atoms with Gasteiger partial charge in [-0.1, -0.05) is 6.92 Å². The Kier molecular flexibility index (Phi) is 4.23. The molecule has 0 aliphatic heterocycles. The topological polar surface area (TPSA) is 12.0 Å². The average molecular weight is 288 g/mol. The zero-order valence-electron chi connectivity index (χ0n) is 9.13. The van der Waals surface area contributed by atoms with Gasteiger partial charge >= 0.3 is 0 Å². The van der Waals surface area contributed by atoms with Gasteiger partial charge in [0.25, 0.3) is 0 Å². The van der Waals surface area contributed by atoms with Crippen molar-refractivity contribution in [2.75, 3.05) is 6.54 Å². The first-order valence-corrected chi connectivity index (χ1v) is 7.49. The van der Waals surface area contributed by atoms with E-state index in [0.717, 1.165) is 12.0 Å². The van der Waals surface area contributed by atoms with Crippen molar-refractivity contribution in [1.82, 2.24) is 5.32 Å². The van der Waals surface area contributed by atoms with E-state index in [9.17, 15) is 0 Å². The Hall–Kier alpha value is 0.140. The van der Waals surface area contributed by atoms with Crippen LogP contribution in [0.1, 0.15) is 44.1 Å². The van der Waals surface area contributed by atoms with Gasteiger partial charge in [-0.15, -0.1) is 0 Å². The fourth-order valence-corrected chi connectivity index (χ4v) is 4.08. The van der Waals surface area contributed by atoms with Crippen LogP contribution in [0.3, 0.4) is 0 Å². The maximum atomic E-state index is 3.64. The van der Waals surface area contributed by atoms with Crippen LogP contribution < -0.4 is 5.32 Å². The summed E-state index contributed by atoms with van der Waals surface area (Å²) in [5.41, 5.74) is 1.53. The molecule has 1 aliphatic rings. The first kappa shape index (κ1) is 11.6. The lowest BCUT2D eigenvalue weighted by molar-refractivity contribution is 0.517. The van der Waals surface area contributed by atoms with Crippen molar-refractivity contribution in [3.05, 3.63) is 20.8 Å². The maximum Gasteiger partial charge on any atom is 0.0317 e. The third-order valence-electron chi connectivity index (χ3n) is 3.20. The Balaban J connectivity index is 1.90. The Labute approximate surface area is 104 Å². The lowest BCUT2D eigenvalue weighted by atomic mass is 10.0. The van der Waals surface area contributed by atoms with Crippen molar-refractivity contribution >= 4 is 27.3 Å². The van der Waals surface area contributed by atoms with Crippen LogP contribution in [0.4, 0.5) is 0 Å². The summed E-state index contributed by atoms with van der Waals surface area (Å²) in [5.74, 6) is 0.778. The van der Waals surface area contributed by atoms with E-state index in [4.69, 9.17) is 0 Å². The van der Waals surface area contributed by atoms with Gasteiger partial charge in [0.2, 0.25) is 0 Å². The molecule has 1 N–H and O–H groups in total. The van der Waals surface area contributed by atoms with Crippen LogP contribution in [-0.4, -0.2) is 12.6 Å². The minimum Gasteiger partial charge on any atom is -0.314 e. The number of hydrogen-bond donors (Lipinski definition) is 1. The van der Waals surface area contributed by atoms with Gasteiger partial charge in [-0.3, -0.25) is 0 Å². The standard InChI is InChI=1S/C12H18BrNS/c1-2-5-14-10-4-3-9(6-10)11-7-15-8-12(11)13/h7-10,14H,2-6H2,1H3. The minimum atomic E-state index is 0.752. The molecular formula is C12H18BrNS. The second-order valence-corrected chi connectivity index (χ2v) is 5.93. The summed E-state index contributed by atoms with van der Waals surface area (Å²) in [6, 6.07) is 0.752. The number of hydrogen-bond acceptors (Lipinski definition) is 2. The lowest BCUT2D eigenvalue weighted by Gasteiger charge is -2.12. The molecule has 1 aromatic heterocycles. The molecule has 0 bridgehead atoms. The Bertz CT molecular complexity index is 310. The van der Waals surface area contributed by atoms with Gasteiger partial charge in [0.15, 0.2) is 0 Å². The van der Waals surface area contributed by atoms with Gasteiger partial charge in [0.1, 0.15) is 0 Å². The third kappa shape index (κ3) is 2.83.